The first-order chi connectivity index (χ1) is 10.6. The minimum Gasteiger partial charge on any atom is -0.489 e. The second-order valence-corrected chi connectivity index (χ2v) is 6.04. The summed E-state index contributed by atoms with van der Waals surface area (Å²) in [5.74, 6) is 1.33. The molecule has 0 atom stereocenters. The van der Waals surface area contributed by atoms with E-state index in [9.17, 15) is 0 Å². The molecule has 0 aliphatic heterocycles. The molecular formula is C19H18O2S. The normalized spacial score (nSPS) is 11.0. The number of fused-ring (bicyclic) bond motifs is 1. The fourth-order valence-corrected chi connectivity index (χ4v) is 2.45. The van der Waals surface area contributed by atoms with E-state index in [0.29, 0.717) is 17.2 Å². The van der Waals surface area contributed by atoms with Gasteiger partial charge in [0.1, 0.15) is 17.9 Å². The molecule has 0 bridgehead atoms. The van der Waals surface area contributed by atoms with E-state index in [1.54, 1.807) is 6.07 Å². The molecule has 3 heteroatoms. The average Bonchev–Trinajstić information content (AvgIpc) is 2.53. The van der Waals surface area contributed by atoms with Gasteiger partial charge in [0.15, 0.2) is 4.71 Å². The van der Waals surface area contributed by atoms with E-state index >= 15 is 0 Å². The van der Waals surface area contributed by atoms with Crippen molar-refractivity contribution in [3.8, 4) is 5.75 Å². The summed E-state index contributed by atoms with van der Waals surface area (Å²) in [5, 5.41) is 1.02. The molecule has 0 saturated carbocycles. The van der Waals surface area contributed by atoms with Gasteiger partial charge in [-0.1, -0.05) is 38.1 Å². The molecule has 0 amide bonds. The molecule has 0 N–H and O–H groups in total. The van der Waals surface area contributed by atoms with Crippen LogP contribution in [0.2, 0.25) is 0 Å². The van der Waals surface area contributed by atoms with Crippen LogP contribution in [-0.2, 0) is 6.61 Å². The average molecular weight is 310 g/mol. The van der Waals surface area contributed by atoms with Crippen LogP contribution in [0.1, 0.15) is 30.9 Å². The summed E-state index contributed by atoms with van der Waals surface area (Å²) < 4.78 is 11.9. The van der Waals surface area contributed by atoms with Crippen LogP contribution in [0.15, 0.2) is 59.0 Å². The van der Waals surface area contributed by atoms with Crippen LogP contribution < -0.4 is 4.74 Å². The lowest BCUT2D eigenvalue weighted by atomic mass is 10.0. The minimum absolute atomic E-state index is 0.480. The van der Waals surface area contributed by atoms with Gasteiger partial charge in [0.05, 0.1) is 0 Å². The Hall–Kier alpha value is -2.13. The highest BCUT2D eigenvalue weighted by Gasteiger charge is 2.02. The maximum atomic E-state index is 5.85. The van der Waals surface area contributed by atoms with E-state index in [4.69, 9.17) is 21.4 Å². The molecule has 0 spiro atoms. The molecule has 22 heavy (non-hydrogen) atoms. The molecular weight excluding hydrogens is 292 g/mol. The highest BCUT2D eigenvalue weighted by atomic mass is 32.1. The third kappa shape index (κ3) is 3.37. The van der Waals surface area contributed by atoms with Crippen molar-refractivity contribution in [3.63, 3.8) is 0 Å². The molecule has 3 aromatic rings. The van der Waals surface area contributed by atoms with E-state index in [2.05, 4.69) is 38.1 Å². The number of ether oxygens (including phenoxy) is 1. The predicted octanol–water partition coefficient (Wildman–Crippen LogP) is 5.86. The molecule has 0 saturated heterocycles. The smallest absolute Gasteiger partial charge is 0.190 e. The van der Waals surface area contributed by atoms with Gasteiger partial charge in [-0.25, -0.2) is 0 Å². The first-order valence-electron chi connectivity index (χ1n) is 7.37. The first kappa shape index (κ1) is 14.8. The highest BCUT2D eigenvalue weighted by molar-refractivity contribution is 7.71. The van der Waals surface area contributed by atoms with Crippen molar-refractivity contribution in [1.82, 2.24) is 0 Å². The number of benzene rings is 2. The van der Waals surface area contributed by atoms with Gasteiger partial charge in [-0.2, -0.15) is 0 Å². The van der Waals surface area contributed by atoms with Crippen LogP contribution in [0.25, 0.3) is 11.0 Å². The van der Waals surface area contributed by atoms with Gasteiger partial charge in [0.25, 0.3) is 0 Å². The highest BCUT2D eigenvalue weighted by Crippen LogP contribution is 2.22. The molecule has 112 valence electrons. The first-order valence-corrected chi connectivity index (χ1v) is 7.78. The Kier molecular flexibility index (Phi) is 4.25. The molecule has 1 aromatic heterocycles. The van der Waals surface area contributed by atoms with Gasteiger partial charge < -0.3 is 9.15 Å². The van der Waals surface area contributed by atoms with Gasteiger partial charge in [-0.15, -0.1) is 0 Å². The summed E-state index contributed by atoms with van der Waals surface area (Å²) in [6, 6.07) is 18.1. The van der Waals surface area contributed by atoms with Crippen LogP contribution >= 0.6 is 12.2 Å². The Bertz CT molecular complexity index is 832. The maximum absolute atomic E-state index is 5.85. The van der Waals surface area contributed by atoms with Gasteiger partial charge in [-0.05, 0) is 53.5 Å². The molecule has 3 rings (SSSR count). The molecule has 1 heterocycles. The zero-order valence-electron chi connectivity index (χ0n) is 12.7. The molecule has 0 radical (unpaired) electrons. The summed E-state index contributed by atoms with van der Waals surface area (Å²) in [5.41, 5.74) is 3.24. The van der Waals surface area contributed by atoms with E-state index < -0.39 is 0 Å². The topological polar surface area (TPSA) is 22.4 Å². The van der Waals surface area contributed by atoms with E-state index in [-0.39, 0.29) is 0 Å². The van der Waals surface area contributed by atoms with Crippen molar-refractivity contribution in [2.75, 3.05) is 0 Å². The fraction of sp³-hybridized carbons (Fsp3) is 0.211. The molecule has 0 aliphatic carbocycles. The Morgan fingerprint density at radius 3 is 2.45 bits per heavy atom. The lowest BCUT2D eigenvalue weighted by molar-refractivity contribution is 0.306. The Morgan fingerprint density at radius 2 is 1.73 bits per heavy atom. The standard InChI is InChI=1S/C19H18O2S/c1-13(2)15-5-3-14(4-6-15)12-20-17-9-7-16-8-10-19(22)21-18(16)11-17/h3-11,13H,12H2,1-2H3. The van der Waals surface area contributed by atoms with Crippen molar-refractivity contribution < 1.29 is 9.15 Å². The van der Waals surface area contributed by atoms with E-state index in [1.165, 1.54) is 5.56 Å². The van der Waals surface area contributed by atoms with Gasteiger partial charge in [0.2, 0.25) is 0 Å². The Labute approximate surface area is 135 Å². The summed E-state index contributed by atoms with van der Waals surface area (Å²) >= 11 is 5.05. The fourth-order valence-electron chi connectivity index (χ4n) is 2.30. The minimum atomic E-state index is 0.480. The zero-order valence-corrected chi connectivity index (χ0v) is 13.5. The second-order valence-electron chi connectivity index (χ2n) is 5.64. The molecule has 0 aliphatic rings. The van der Waals surface area contributed by atoms with Crippen LogP contribution in [0.4, 0.5) is 0 Å². The predicted molar refractivity (Wildman–Crippen MR) is 91.9 cm³/mol. The maximum Gasteiger partial charge on any atom is 0.190 e. The molecule has 0 unspecified atom stereocenters. The third-order valence-corrected chi connectivity index (χ3v) is 3.87. The monoisotopic (exact) mass is 310 g/mol. The van der Waals surface area contributed by atoms with Crippen LogP contribution in [0.5, 0.6) is 5.75 Å². The molecule has 2 nitrogen and oxygen atoms in total. The molecule has 2 aromatic carbocycles. The van der Waals surface area contributed by atoms with E-state index in [1.807, 2.05) is 24.3 Å². The Balaban J connectivity index is 1.74. The van der Waals surface area contributed by atoms with Gasteiger partial charge in [-0.3, -0.25) is 0 Å². The summed E-state index contributed by atoms with van der Waals surface area (Å²) in [7, 11) is 0. The second kappa shape index (κ2) is 6.32. The number of rotatable bonds is 4. The lowest BCUT2D eigenvalue weighted by Gasteiger charge is -2.09. The van der Waals surface area contributed by atoms with Crippen LogP contribution in [0, 0.1) is 4.71 Å². The number of hydrogen-bond donors (Lipinski definition) is 0. The summed E-state index contributed by atoms with van der Waals surface area (Å²) in [6.45, 7) is 4.92. The van der Waals surface area contributed by atoms with E-state index in [0.717, 1.165) is 22.3 Å². The SMILES string of the molecule is CC(C)c1ccc(COc2ccc3ccc(=S)oc3c2)cc1. The van der Waals surface area contributed by atoms with Crippen LogP contribution in [-0.4, -0.2) is 0 Å². The summed E-state index contributed by atoms with van der Waals surface area (Å²) in [4.78, 5) is 0. The number of hydrogen-bond acceptors (Lipinski definition) is 3. The third-order valence-electron chi connectivity index (χ3n) is 3.65. The van der Waals surface area contributed by atoms with Crippen molar-refractivity contribution in [3.05, 3.63) is 70.4 Å². The van der Waals surface area contributed by atoms with Gasteiger partial charge >= 0.3 is 0 Å². The van der Waals surface area contributed by atoms with Crippen molar-refractivity contribution in [2.24, 2.45) is 0 Å². The van der Waals surface area contributed by atoms with Gasteiger partial charge in [0, 0.05) is 11.5 Å². The lowest BCUT2D eigenvalue weighted by Crippen LogP contribution is -1.96. The van der Waals surface area contributed by atoms with Crippen molar-refractivity contribution >= 4 is 23.2 Å². The Morgan fingerprint density at radius 1 is 1.00 bits per heavy atom. The van der Waals surface area contributed by atoms with Crippen LogP contribution in [0.3, 0.4) is 0 Å². The van der Waals surface area contributed by atoms with Crippen molar-refractivity contribution in [2.45, 2.75) is 26.4 Å². The van der Waals surface area contributed by atoms with Crippen molar-refractivity contribution in [1.29, 1.82) is 0 Å². The quantitative estimate of drug-likeness (QED) is 0.563. The zero-order chi connectivity index (χ0) is 15.5. The molecule has 0 fully saturated rings. The largest absolute Gasteiger partial charge is 0.489 e. The summed E-state index contributed by atoms with van der Waals surface area (Å²) in [6.07, 6.45) is 0.